The fourth-order valence-electron chi connectivity index (χ4n) is 3.62. The van der Waals surface area contributed by atoms with Crippen LogP contribution in [0.15, 0.2) is 85.2 Å². The number of hydrogen-bond acceptors (Lipinski definition) is 4. The summed E-state index contributed by atoms with van der Waals surface area (Å²) >= 11 is 0. The Hall–Kier alpha value is -4.26. The van der Waals surface area contributed by atoms with E-state index in [0.717, 1.165) is 44.6 Å². The number of fused-ring (bicyclic) bond motifs is 2. The van der Waals surface area contributed by atoms with E-state index < -0.39 is 0 Å². The summed E-state index contributed by atoms with van der Waals surface area (Å²) in [4.78, 5) is 0. The SMILES string of the molecule is c1ccc(-n2nccc2-c2ccc3nnn(-c4ccc5cn[nH]c5c4)c3c2)cc1. The van der Waals surface area contributed by atoms with Crippen LogP contribution in [-0.4, -0.2) is 35.0 Å². The van der Waals surface area contributed by atoms with Gasteiger partial charge in [-0.1, -0.05) is 29.5 Å². The summed E-state index contributed by atoms with van der Waals surface area (Å²) in [6.45, 7) is 0. The number of benzene rings is 3. The standard InChI is InChI=1S/C22H15N7/c1-2-4-17(5-3-1)28-21(10-11-24-28)15-7-9-19-22(12-15)29(27-26-19)18-8-6-16-14-23-25-20(16)13-18/h1-14H,(H,23,25). The third-order valence-corrected chi connectivity index (χ3v) is 5.05. The first-order valence-electron chi connectivity index (χ1n) is 9.26. The van der Waals surface area contributed by atoms with E-state index in [1.54, 1.807) is 6.20 Å². The highest BCUT2D eigenvalue weighted by atomic mass is 15.4. The van der Waals surface area contributed by atoms with E-state index >= 15 is 0 Å². The van der Waals surface area contributed by atoms with Crippen LogP contribution in [0.1, 0.15) is 0 Å². The quantitative estimate of drug-likeness (QED) is 0.503. The van der Waals surface area contributed by atoms with Crippen molar-refractivity contribution in [1.82, 2.24) is 35.0 Å². The minimum atomic E-state index is 0.837. The van der Waals surface area contributed by atoms with Gasteiger partial charge in [0.1, 0.15) is 5.52 Å². The maximum Gasteiger partial charge on any atom is 0.113 e. The third-order valence-electron chi connectivity index (χ3n) is 5.05. The molecule has 29 heavy (non-hydrogen) atoms. The van der Waals surface area contributed by atoms with E-state index in [1.807, 2.05) is 76.2 Å². The van der Waals surface area contributed by atoms with Gasteiger partial charge in [0.25, 0.3) is 0 Å². The molecule has 0 amide bonds. The molecule has 3 heterocycles. The van der Waals surface area contributed by atoms with E-state index in [9.17, 15) is 0 Å². The van der Waals surface area contributed by atoms with E-state index in [1.165, 1.54) is 0 Å². The van der Waals surface area contributed by atoms with Crippen LogP contribution in [0.25, 0.3) is 44.6 Å². The van der Waals surface area contributed by atoms with Crippen LogP contribution in [0.4, 0.5) is 0 Å². The fraction of sp³-hybridized carbons (Fsp3) is 0. The topological polar surface area (TPSA) is 77.2 Å². The Morgan fingerprint density at radius 2 is 1.72 bits per heavy atom. The van der Waals surface area contributed by atoms with Crippen LogP contribution in [0.5, 0.6) is 0 Å². The minimum Gasteiger partial charge on any atom is -0.278 e. The lowest BCUT2D eigenvalue weighted by Gasteiger charge is -2.08. The summed E-state index contributed by atoms with van der Waals surface area (Å²) in [7, 11) is 0. The van der Waals surface area contributed by atoms with Crippen LogP contribution in [-0.2, 0) is 0 Å². The molecule has 0 spiro atoms. The lowest BCUT2D eigenvalue weighted by atomic mass is 10.1. The van der Waals surface area contributed by atoms with Gasteiger partial charge in [-0.15, -0.1) is 5.10 Å². The van der Waals surface area contributed by atoms with Gasteiger partial charge in [-0.05, 0) is 48.5 Å². The molecule has 7 heteroatoms. The Morgan fingerprint density at radius 1 is 0.793 bits per heavy atom. The average Bonchev–Trinajstić information content (AvgIpc) is 3.52. The Balaban J connectivity index is 1.51. The second-order valence-corrected chi connectivity index (χ2v) is 6.81. The van der Waals surface area contributed by atoms with Crippen molar-refractivity contribution in [3.8, 4) is 22.6 Å². The van der Waals surface area contributed by atoms with Crippen molar-refractivity contribution in [1.29, 1.82) is 0 Å². The molecule has 0 saturated heterocycles. The predicted molar refractivity (Wildman–Crippen MR) is 111 cm³/mol. The van der Waals surface area contributed by atoms with Gasteiger partial charge in [-0.3, -0.25) is 5.10 Å². The molecule has 0 aliphatic heterocycles. The number of aromatic nitrogens is 7. The molecule has 0 saturated carbocycles. The summed E-state index contributed by atoms with van der Waals surface area (Å²) < 4.78 is 3.79. The molecule has 0 radical (unpaired) electrons. The predicted octanol–water partition coefficient (Wildman–Crippen LogP) is 4.15. The maximum absolute atomic E-state index is 4.51. The van der Waals surface area contributed by atoms with E-state index in [-0.39, 0.29) is 0 Å². The molecule has 6 rings (SSSR count). The number of H-pyrrole nitrogens is 1. The molecule has 138 valence electrons. The van der Waals surface area contributed by atoms with Crippen molar-refractivity contribution >= 4 is 21.9 Å². The Morgan fingerprint density at radius 3 is 2.66 bits per heavy atom. The second kappa shape index (κ2) is 6.13. The van der Waals surface area contributed by atoms with Crippen LogP contribution in [0, 0.1) is 0 Å². The first-order valence-corrected chi connectivity index (χ1v) is 9.26. The van der Waals surface area contributed by atoms with Crippen molar-refractivity contribution < 1.29 is 0 Å². The number of nitrogens with one attached hydrogen (secondary N) is 1. The highest BCUT2D eigenvalue weighted by Gasteiger charge is 2.12. The number of aromatic amines is 1. The zero-order chi connectivity index (χ0) is 19.2. The van der Waals surface area contributed by atoms with Crippen LogP contribution in [0.3, 0.4) is 0 Å². The van der Waals surface area contributed by atoms with Crippen LogP contribution >= 0.6 is 0 Å². The molecule has 7 nitrogen and oxygen atoms in total. The smallest absolute Gasteiger partial charge is 0.113 e. The van der Waals surface area contributed by atoms with Gasteiger partial charge in [0.2, 0.25) is 0 Å². The van der Waals surface area contributed by atoms with E-state index in [4.69, 9.17) is 0 Å². The average molecular weight is 377 g/mol. The summed E-state index contributed by atoms with van der Waals surface area (Å²) in [5.74, 6) is 0. The highest BCUT2D eigenvalue weighted by molar-refractivity contribution is 5.84. The zero-order valence-electron chi connectivity index (χ0n) is 15.3. The molecule has 6 aromatic rings. The second-order valence-electron chi connectivity index (χ2n) is 6.81. The van der Waals surface area contributed by atoms with Crippen LogP contribution in [0.2, 0.25) is 0 Å². The maximum atomic E-state index is 4.51. The Bertz CT molecular complexity index is 1460. The van der Waals surface area contributed by atoms with Crippen molar-refractivity contribution in [2.24, 2.45) is 0 Å². The fourth-order valence-corrected chi connectivity index (χ4v) is 3.62. The first kappa shape index (κ1) is 15.8. The molecule has 3 aromatic heterocycles. The first-order chi connectivity index (χ1) is 14.4. The van der Waals surface area contributed by atoms with Crippen molar-refractivity contribution in [2.45, 2.75) is 0 Å². The number of nitrogens with zero attached hydrogens (tertiary/aromatic N) is 6. The molecule has 1 N–H and O–H groups in total. The summed E-state index contributed by atoms with van der Waals surface area (Å²) in [6, 6.07) is 24.3. The summed E-state index contributed by atoms with van der Waals surface area (Å²) in [6.07, 6.45) is 3.62. The van der Waals surface area contributed by atoms with Gasteiger partial charge in [0.05, 0.1) is 40.5 Å². The Labute approximate surface area is 165 Å². The largest absolute Gasteiger partial charge is 0.278 e. The molecular weight excluding hydrogens is 362 g/mol. The summed E-state index contributed by atoms with van der Waals surface area (Å²) in [5.41, 5.74) is 6.73. The third kappa shape index (κ3) is 2.52. The molecular formula is C22H15N7. The minimum absolute atomic E-state index is 0.837. The van der Waals surface area contributed by atoms with Crippen LogP contribution < -0.4 is 0 Å². The lowest BCUT2D eigenvalue weighted by Crippen LogP contribution is -1.99. The van der Waals surface area contributed by atoms with Gasteiger partial charge in [0.15, 0.2) is 0 Å². The zero-order valence-corrected chi connectivity index (χ0v) is 15.3. The monoisotopic (exact) mass is 377 g/mol. The number of para-hydroxylation sites is 1. The van der Waals surface area contributed by atoms with Crippen molar-refractivity contribution in [3.05, 3.63) is 85.2 Å². The number of hydrogen-bond donors (Lipinski definition) is 1. The van der Waals surface area contributed by atoms with Gasteiger partial charge >= 0.3 is 0 Å². The molecule has 0 aliphatic carbocycles. The molecule has 0 atom stereocenters. The van der Waals surface area contributed by atoms with Gasteiger partial charge in [0, 0.05) is 10.9 Å². The molecule has 0 unspecified atom stereocenters. The normalized spacial score (nSPS) is 11.4. The van der Waals surface area contributed by atoms with Gasteiger partial charge in [-0.25, -0.2) is 9.36 Å². The van der Waals surface area contributed by atoms with Gasteiger partial charge < -0.3 is 0 Å². The lowest BCUT2D eigenvalue weighted by molar-refractivity contribution is 0.824. The highest BCUT2D eigenvalue weighted by Crippen LogP contribution is 2.27. The van der Waals surface area contributed by atoms with E-state index in [2.05, 4.69) is 37.7 Å². The summed E-state index contributed by atoms with van der Waals surface area (Å²) in [5, 5.41) is 21.4. The van der Waals surface area contributed by atoms with Crippen molar-refractivity contribution in [2.75, 3.05) is 0 Å². The molecule has 3 aromatic carbocycles. The number of rotatable bonds is 3. The van der Waals surface area contributed by atoms with Crippen molar-refractivity contribution in [3.63, 3.8) is 0 Å². The van der Waals surface area contributed by atoms with E-state index in [0.29, 0.717) is 0 Å². The molecule has 0 bridgehead atoms. The molecule has 0 aliphatic rings. The van der Waals surface area contributed by atoms with Gasteiger partial charge in [-0.2, -0.15) is 10.2 Å². The molecule has 0 fully saturated rings. The Kier molecular flexibility index (Phi) is 3.33.